The van der Waals surface area contributed by atoms with Crippen molar-refractivity contribution in [1.82, 2.24) is 4.31 Å². The molecule has 0 N–H and O–H groups in total. The molecule has 1 fully saturated rings. The molecule has 1 amide bonds. The van der Waals surface area contributed by atoms with Crippen LogP contribution in [0.5, 0.6) is 0 Å². The van der Waals surface area contributed by atoms with Gasteiger partial charge in [-0.05, 0) is 31.9 Å². The van der Waals surface area contributed by atoms with E-state index in [1.165, 1.54) is 12.1 Å². The van der Waals surface area contributed by atoms with Crippen molar-refractivity contribution in [2.24, 2.45) is 0 Å². The lowest BCUT2D eigenvalue weighted by molar-refractivity contribution is 0.128. The molecule has 1 aromatic carbocycles. The fourth-order valence-electron chi connectivity index (χ4n) is 2.53. The lowest BCUT2D eigenvalue weighted by Crippen LogP contribution is -2.40. The first kappa shape index (κ1) is 13.2. The maximum atomic E-state index is 12.6. The molecule has 0 spiro atoms. The first-order valence-electron chi connectivity index (χ1n) is 6.48. The highest BCUT2D eigenvalue weighted by atomic mass is 32.2. The molecule has 0 radical (unpaired) electrons. The van der Waals surface area contributed by atoms with E-state index in [2.05, 4.69) is 0 Å². The van der Waals surface area contributed by atoms with E-state index in [0.29, 0.717) is 6.42 Å². The number of nitrogens with zero attached hydrogens (tertiary/aromatic N) is 1. The molecule has 5 nitrogen and oxygen atoms in total. The number of aryl methyl sites for hydroxylation is 1. The number of carbonyl (C=O) groups excluding carboxylic acids is 1. The van der Waals surface area contributed by atoms with Gasteiger partial charge >= 0.3 is 6.09 Å². The van der Waals surface area contributed by atoms with Gasteiger partial charge in [0, 0.05) is 0 Å². The quantitative estimate of drug-likeness (QED) is 0.784. The van der Waals surface area contributed by atoms with E-state index in [1.807, 2.05) is 13.0 Å². The van der Waals surface area contributed by atoms with Gasteiger partial charge in [0.2, 0.25) is 0 Å². The first-order chi connectivity index (χ1) is 9.50. The van der Waals surface area contributed by atoms with E-state index < -0.39 is 22.2 Å². The molecule has 0 saturated carbocycles. The highest BCUT2D eigenvalue weighted by molar-refractivity contribution is 7.89. The molecular formula is C14H15NO4S. The average molecular weight is 293 g/mol. The highest BCUT2D eigenvalue weighted by Crippen LogP contribution is 2.32. The van der Waals surface area contributed by atoms with Gasteiger partial charge in [0.25, 0.3) is 10.0 Å². The van der Waals surface area contributed by atoms with E-state index in [-0.39, 0.29) is 11.0 Å². The van der Waals surface area contributed by atoms with E-state index >= 15 is 0 Å². The minimum Gasteiger partial charge on any atom is -0.443 e. The molecule has 3 rings (SSSR count). The molecule has 1 aliphatic carbocycles. The smallest absolute Gasteiger partial charge is 0.424 e. The summed E-state index contributed by atoms with van der Waals surface area (Å²) in [7, 11) is -3.87. The van der Waals surface area contributed by atoms with Crippen molar-refractivity contribution in [2.75, 3.05) is 0 Å². The lowest BCUT2D eigenvalue weighted by Gasteiger charge is -2.23. The Labute approximate surface area is 117 Å². The lowest BCUT2D eigenvalue weighted by atomic mass is 10.0. The van der Waals surface area contributed by atoms with Gasteiger partial charge in [0.15, 0.2) is 0 Å². The largest absolute Gasteiger partial charge is 0.443 e. The Morgan fingerprint density at radius 3 is 2.65 bits per heavy atom. The second-order valence-corrected chi connectivity index (χ2v) is 6.85. The van der Waals surface area contributed by atoms with Crippen LogP contribution in [0, 0.1) is 6.92 Å². The van der Waals surface area contributed by atoms with Crippen molar-refractivity contribution in [3.63, 3.8) is 0 Å². The van der Waals surface area contributed by atoms with Crippen LogP contribution in [0.25, 0.3) is 0 Å². The Morgan fingerprint density at radius 2 is 1.95 bits per heavy atom. The number of amides is 1. The number of sulfonamides is 1. The number of hydrogen-bond acceptors (Lipinski definition) is 4. The minimum atomic E-state index is -3.87. The van der Waals surface area contributed by atoms with Gasteiger partial charge < -0.3 is 4.74 Å². The Bertz CT molecular complexity index is 663. The van der Waals surface area contributed by atoms with Crippen LogP contribution in [-0.2, 0) is 14.8 Å². The molecule has 1 saturated heterocycles. The minimum absolute atomic E-state index is 0.111. The molecule has 20 heavy (non-hydrogen) atoms. The molecule has 0 aromatic heterocycles. The molecule has 106 valence electrons. The third kappa shape index (κ3) is 2.00. The van der Waals surface area contributed by atoms with Crippen molar-refractivity contribution in [3.05, 3.63) is 42.0 Å². The predicted octanol–water partition coefficient (Wildman–Crippen LogP) is 2.22. The number of carbonyl (C=O) groups is 1. The summed E-state index contributed by atoms with van der Waals surface area (Å²) in [5, 5.41) is 0. The molecule has 6 heteroatoms. The third-order valence-electron chi connectivity index (χ3n) is 3.61. The monoisotopic (exact) mass is 293 g/mol. The van der Waals surface area contributed by atoms with Crippen LogP contribution in [0.4, 0.5) is 4.79 Å². The van der Waals surface area contributed by atoms with Gasteiger partial charge in [-0.1, -0.05) is 29.8 Å². The number of benzene rings is 1. The highest BCUT2D eigenvalue weighted by Gasteiger charge is 2.47. The molecule has 0 bridgehead atoms. The predicted molar refractivity (Wildman–Crippen MR) is 72.6 cm³/mol. The van der Waals surface area contributed by atoms with Crippen molar-refractivity contribution < 1.29 is 17.9 Å². The van der Waals surface area contributed by atoms with Gasteiger partial charge in [-0.25, -0.2) is 13.2 Å². The van der Waals surface area contributed by atoms with Crippen molar-refractivity contribution in [2.45, 2.75) is 36.8 Å². The Kier molecular flexibility index (Phi) is 3.05. The third-order valence-corrected chi connectivity index (χ3v) is 5.39. The molecule has 1 aromatic rings. The van der Waals surface area contributed by atoms with E-state index in [1.54, 1.807) is 18.2 Å². The van der Waals surface area contributed by atoms with Crippen LogP contribution in [-0.4, -0.2) is 31.0 Å². The summed E-state index contributed by atoms with van der Waals surface area (Å²) in [6.07, 6.45) is 3.94. The number of ether oxygens (including phenoxy) is 1. The molecule has 2 aliphatic rings. The molecular weight excluding hydrogens is 278 g/mol. The SMILES string of the molecule is Cc1ccc(S(=O)(=O)N2C(=O)O[C@@H]3CCC=C[C@@H]32)cc1. The Morgan fingerprint density at radius 1 is 1.25 bits per heavy atom. The number of allylic oxidation sites excluding steroid dienone is 1. The summed E-state index contributed by atoms with van der Waals surface area (Å²) in [6, 6.07) is 5.92. The van der Waals surface area contributed by atoms with Crippen molar-refractivity contribution >= 4 is 16.1 Å². The standard InChI is InChI=1S/C14H15NO4S/c1-10-6-8-11(9-7-10)20(17,18)15-12-4-2-3-5-13(12)19-14(15)16/h2,4,6-9,12-13H,3,5H2,1H3/t12-,13+/m0/s1. The zero-order valence-corrected chi connectivity index (χ0v) is 11.8. The second kappa shape index (κ2) is 4.63. The van der Waals surface area contributed by atoms with Gasteiger partial charge in [-0.3, -0.25) is 0 Å². The molecule has 1 heterocycles. The summed E-state index contributed by atoms with van der Waals surface area (Å²) in [4.78, 5) is 12.0. The first-order valence-corrected chi connectivity index (χ1v) is 7.92. The fourth-order valence-corrected chi connectivity index (χ4v) is 4.01. The van der Waals surface area contributed by atoms with Crippen LogP contribution in [0.15, 0.2) is 41.3 Å². The fraction of sp³-hybridized carbons (Fsp3) is 0.357. The molecule has 0 unspecified atom stereocenters. The zero-order chi connectivity index (χ0) is 14.3. The van der Waals surface area contributed by atoms with Crippen molar-refractivity contribution in [3.8, 4) is 0 Å². The second-order valence-electron chi connectivity index (χ2n) is 5.03. The molecule has 1 aliphatic heterocycles. The topological polar surface area (TPSA) is 63.7 Å². The van der Waals surface area contributed by atoms with Crippen LogP contribution in [0.1, 0.15) is 18.4 Å². The Balaban J connectivity index is 2.02. The molecule has 2 atom stereocenters. The number of fused-ring (bicyclic) bond motifs is 1. The zero-order valence-electron chi connectivity index (χ0n) is 11.0. The number of rotatable bonds is 2. The van der Waals surface area contributed by atoms with Gasteiger partial charge in [0.05, 0.1) is 4.90 Å². The average Bonchev–Trinajstić information content (AvgIpc) is 2.75. The summed E-state index contributed by atoms with van der Waals surface area (Å²) in [5.74, 6) is 0. The van der Waals surface area contributed by atoms with Crippen LogP contribution in [0.2, 0.25) is 0 Å². The van der Waals surface area contributed by atoms with Crippen LogP contribution in [0.3, 0.4) is 0 Å². The van der Waals surface area contributed by atoms with Gasteiger partial charge in [-0.15, -0.1) is 0 Å². The van der Waals surface area contributed by atoms with E-state index in [9.17, 15) is 13.2 Å². The summed E-state index contributed by atoms with van der Waals surface area (Å²) >= 11 is 0. The summed E-state index contributed by atoms with van der Waals surface area (Å²) in [6.45, 7) is 1.88. The van der Waals surface area contributed by atoms with Gasteiger partial charge in [-0.2, -0.15) is 4.31 Å². The van der Waals surface area contributed by atoms with E-state index in [4.69, 9.17) is 4.74 Å². The Hall–Kier alpha value is -1.82. The van der Waals surface area contributed by atoms with Crippen LogP contribution < -0.4 is 0 Å². The van der Waals surface area contributed by atoms with Gasteiger partial charge in [0.1, 0.15) is 12.1 Å². The maximum Gasteiger partial charge on any atom is 0.424 e. The summed E-state index contributed by atoms with van der Waals surface area (Å²) in [5.41, 5.74) is 0.961. The van der Waals surface area contributed by atoms with Crippen LogP contribution >= 0.6 is 0 Å². The van der Waals surface area contributed by atoms with E-state index in [0.717, 1.165) is 16.3 Å². The summed E-state index contributed by atoms with van der Waals surface area (Å²) < 4.78 is 31.2. The normalized spacial score (nSPS) is 25.4. The van der Waals surface area contributed by atoms with Crippen molar-refractivity contribution in [1.29, 1.82) is 0 Å². The maximum absolute atomic E-state index is 12.6. The number of hydrogen-bond donors (Lipinski definition) is 0.